The molecular weight excluding hydrogens is 443 g/mol. The van der Waals surface area contributed by atoms with Gasteiger partial charge in [0, 0.05) is 24.7 Å². The molecule has 2 heterocycles. The van der Waals surface area contributed by atoms with E-state index in [0.717, 1.165) is 16.8 Å². The van der Waals surface area contributed by atoms with Crippen LogP contribution in [0.5, 0.6) is 0 Å². The molecule has 0 radical (unpaired) electrons. The van der Waals surface area contributed by atoms with Crippen molar-refractivity contribution >= 4 is 29.0 Å². The third kappa shape index (κ3) is 5.22. The summed E-state index contributed by atoms with van der Waals surface area (Å²) in [6, 6.07) is 16.4. The van der Waals surface area contributed by atoms with Gasteiger partial charge < -0.3 is 20.3 Å². The molecule has 1 atom stereocenters. The van der Waals surface area contributed by atoms with E-state index >= 15 is 0 Å². The summed E-state index contributed by atoms with van der Waals surface area (Å²) >= 11 is 6.11. The average Bonchev–Trinajstić information content (AvgIpc) is 3.31. The molecule has 0 aliphatic heterocycles. The predicted molar refractivity (Wildman–Crippen MR) is 127 cm³/mol. The minimum atomic E-state index is -0.499. The second-order valence-corrected chi connectivity index (χ2v) is 7.94. The lowest BCUT2D eigenvalue weighted by Gasteiger charge is -2.16. The number of nitrogens with zero attached hydrogens (tertiary/aromatic N) is 2. The molecule has 6 nitrogen and oxygen atoms in total. The van der Waals surface area contributed by atoms with Gasteiger partial charge in [0.05, 0.1) is 34.6 Å². The van der Waals surface area contributed by atoms with Gasteiger partial charge in [-0.15, -0.1) is 0 Å². The fraction of sp³-hybridized carbons (Fsp3) is 0.120. The Morgan fingerprint density at radius 2 is 1.97 bits per heavy atom. The first-order chi connectivity index (χ1) is 15.9. The van der Waals surface area contributed by atoms with Crippen LogP contribution in [0.15, 0.2) is 79.3 Å². The smallest absolute Gasteiger partial charge is 0.253 e. The summed E-state index contributed by atoms with van der Waals surface area (Å²) in [4.78, 5) is 17.1. The molecule has 2 aromatic heterocycles. The number of carbonyl (C=O) groups excluding carboxylic acids is 1. The number of nitrogens with one attached hydrogen (secondary N) is 2. The molecule has 4 aromatic rings. The predicted octanol–water partition coefficient (Wildman–Crippen LogP) is 5.18. The molecule has 1 unspecified atom stereocenters. The molecule has 0 spiro atoms. The van der Waals surface area contributed by atoms with Crippen molar-refractivity contribution in [1.29, 1.82) is 0 Å². The van der Waals surface area contributed by atoms with Crippen LogP contribution in [0.2, 0.25) is 5.02 Å². The Morgan fingerprint density at radius 1 is 1.18 bits per heavy atom. The standard InChI is InChI=1S/C25H22ClFN4O2/c1-16-13-28-24(29-21-8-7-19(27)11-20(21)26)12-23(16)31-10-9-18(14-31)25(33)30-22(15-32)17-5-3-2-4-6-17/h2-14,22,32H,15H2,1H3,(H,28,29)(H,30,33). The number of rotatable bonds is 7. The fourth-order valence-electron chi connectivity index (χ4n) is 3.43. The van der Waals surface area contributed by atoms with Crippen molar-refractivity contribution in [3.63, 3.8) is 0 Å². The van der Waals surface area contributed by atoms with Gasteiger partial charge in [-0.05, 0) is 42.3 Å². The second kappa shape index (κ2) is 9.85. The molecule has 33 heavy (non-hydrogen) atoms. The summed E-state index contributed by atoms with van der Waals surface area (Å²) in [5, 5.41) is 15.9. The largest absolute Gasteiger partial charge is 0.394 e. The highest BCUT2D eigenvalue weighted by Crippen LogP contribution is 2.27. The van der Waals surface area contributed by atoms with E-state index in [1.807, 2.05) is 47.9 Å². The molecule has 0 fully saturated rings. The van der Waals surface area contributed by atoms with E-state index in [9.17, 15) is 14.3 Å². The quantitative estimate of drug-likeness (QED) is 0.352. The van der Waals surface area contributed by atoms with Crippen molar-refractivity contribution in [2.45, 2.75) is 13.0 Å². The minimum Gasteiger partial charge on any atom is -0.394 e. The Balaban J connectivity index is 1.54. The van der Waals surface area contributed by atoms with Crippen molar-refractivity contribution in [3.8, 4) is 5.69 Å². The van der Waals surface area contributed by atoms with Crippen LogP contribution in [-0.2, 0) is 0 Å². The SMILES string of the molecule is Cc1cnc(Nc2ccc(F)cc2Cl)cc1-n1ccc(C(=O)NC(CO)c2ccccc2)c1. The lowest BCUT2D eigenvalue weighted by molar-refractivity contribution is 0.0916. The van der Waals surface area contributed by atoms with Crippen molar-refractivity contribution in [3.05, 3.63) is 107 Å². The molecule has 8 heteroatoms. The Kier molecular flexibility index (Phi) is 6.72. The van der Waals surface area contributed by atoms with Crippen LogP contribution < -0.4 is 10.6 Å². The number of aryl methyl sites for hydroxylation is 1. The van der Waals surface area contributed by atoms with Crippen LogP contribution in [0, 0.1) is 12.7 Å². The van der Waals surface area contributed by atoms with Crippen LogP contribution in [0.25, 0.3) is 5.69 Å². The highest BCUT2D eigenvalue weighted by atomic mass is 35.5. The van der Waals surface area contributed by atoms with Crippen LogP contribution in [-0.4, -0.2) is 27.2 Å². The number of aliphatic hydroxyl groups excluding tert-OH is 1. The molecule has 0 aliphatic carbocycles. The van der Waals surface area contributed by atoms with Gasteiger partial charge in [0.25, 0.3) is 5.91 Å². The van der Waals surface area contributed by atoms with E-state index in [2.05, 4.69) is 15.6 Å². The summed E-state index contributed by atoms with van der Waals surface area (Å²) in [5.74, 6) is -0.190. The Hall–Kier alpha value is -3.68. The van der Waals surface area contributed by atoms with Crippen molar-refractivity contribution in [2.75, 3.05) is 11.9 Å². The van der Waals surface area contributed by atoms with Gasteiger partial charge >= 0.3 is 0 Å². The Bertz CT molecular complexity index is 1280. The molecule has 1 amide bonds. The number of anilines is 2. The number of hydrogen-bond acceptors (Lipinski definition) is 4. The van der Waals surface area contributed by atoms with Crippen molar-refractivity contribution in [2.24, 2.45) is 0 Å². The normalized spacial score (nSPS) is 11.8. The van der Waals surface area contributed by atoms with Crippen LogP contribution in [0.1, 0.15) is 27.5 Å². The highest BCUT2D eigenvalue weighted by molar-refractivity contribution is 6.33. The highest BCUT2D eigenvalue weighted by Gasteiger charge is 2.16. The van der Waals surface area contributed by atoms with E-state index in [1.165, 1.54) is 12.1 Å². The lowest BCUT2D eigenvalue weighted by atomic mass is 10.1. The van der Waals surface area contributed by atoms with Crippen LogP contribution in [0.3, 0.4) is 0 Å². The van der Waals surface area contributed by atoms with Gasteiger partial charge in [-0.3, -0.25) is 4.79 Å². The number of aliphatic hydroxyl groups is 1. The molecule has 4 rings (SSSR count). The Labute approximate surface area is 195 Å². The van der Waals surface area contributed by atoms with Crippen LogP contribution in [0.4, 0.5) is 15.9 Å². The molecule has 0 bridgehead atoms. The maximum absolute atomic E-state index is 13.3. The van der Waals surface area contributed by atoms with E-state index in [4.69, 9.17) is 11.6 Å². The number of carbonyl (C=O) groups is 1. The first-order valence-corrected chi connectivity index (χ1v) is 10.7. The maximum Gasteiger partial charge on any atom is 0.253 e. The zero-order chi connectivity index (χ0) is 23.4. The van der Waals surface area contributed by atoms with Crippen LogP contribution >= 0.6 is 11.6 Å². The third-order valence-electron chi connectivity index (χ3n) is 5.19. The van der Waals surface area contributed by atoms with Gasteiger partial charge in [-0.25, -0.2) is 9.37 Å². The maximum atomic E-state index is 13.3. The van der Waals surface area contributed by atoms with E-state index in [1.54, 1.807) is 30.7 Å². The Morgan fingerprint density at radius 3 is 2.70 bits per heavy atom. The number of pyridine rings is 1. The molecule has 2 aromatic carbocycles. The number of aromatic nitrogens is 2. The van der Waals surface area contributed by atoms with Crippen molar-refractivity contribution in [1.82, 2.24) is 14.9 Å². The van der Waals surface area contributed by atoms with E-state index in [-0.39, 0.29) is 17.5 Å². The topological polar surface area (TPSA) is 79.2 Å². The molecule has 3 N–H and O–H groups in total. The lowest BCUT2D eigenvalue weighted by Crippen LogP contribution is -2.30. The average molecular weight is 465 g/mol. The van der Waals surface area contributed by atoms with Gasteiger partial charge in [-0.2, -0.15) is 0 Å². The van der Waals surface area contributed by atoms with E-state index in [0.29, 0.717) is 17.1 Å². The van der Waals surface area contributed by atoms with E-state index < -0.39 is 11.9 Å². The summed E-state index contributed by atoms with van der Waals surface area (Å²) in [6.07, 6.45) is 5.19. The number of benzene rings is 2. The number of amides is 1. The molecule has 0 saturated heterocycles. The monoisotopic (exact) mass is 464 g/mol. The number of hydrogen-bond donors (Lipinski definition) is 3. The summed E-state index contributed by atoms with van der Waals surface area (Å²) in [6.45, 7) is 1.70. The molecule has 168 valence electrons. The minimum absolute atomic E-state index is 0.207. The molecule has 0 aliphatic rings. The number of halogens is 2. The van der Waals surface area contributed by atoms with Gasteiger partial charge in [0.2, 0.25) is 0 Å². The van der Waals surface area contributed by atoms with Gasteiger partial charge in [0.15, 0.2) is 0 Å². The summed E-state index contributed by atoms with van der Waals surface area (Å²) in [7, 11) is 0. The van der Waals surface area contributed by atoms with Crippen molar-refractivity contribution < 1.29 is 14.3 Å². The first kappa shape index (κ1) is 22.5. The van der Waals surface area contributed by atoms with Gasteiger partial charge in [0.1, 0.15) is 11.6 Å². The fourth-order valence-corrected chi connectivity index (χ4v) is 3.64. The molecular formula is C25H22ClFN4O2. The zero-order valence-electron chi connectivity index (χ0n) is 17.8. The van der Waals surface area contributed by atoms with Gasteiger partial charge in [-0.1, -0.05) is 41.9 Å². The summed E-state index contributed by atoms with van der Waals surface area (Å²) in [5.41, 5.74) is 3.52. The zero-order valence-corrected chi connectivity index (χ0v) is 18.6. The summed E-state index contributed by atoms with van der Waals surface area (Å²) < 4.78 is 15.1. The first-order valence-electron chi connectivity index (χ1n) is 10.3. The third-order valence-corrected chi connectivity index (χ3v) is 5.50. The molecule has 0 saturated carbocycles. The second-order valence-electron chi connectivity index (χ2n) is 7.53.